The maximum absolute atomic E-state index is 13.3. The molecule has 0 saturated carbocycles. The number of imide groups is 1. The number of nitrogens with one attached hydrogen (secondary N) is 1. The first-order valence-corrected chi connectivity index (χ1v) is 8.83. The predicted molar refractivity (Wildman–Crippen MR) is 105 cm³/mol. The zero-order valence-electron chi connectivity index (χ0n) is 15.6. The van der Waals surface area contributed by atoms with Crippen LogP contribution in [0, 0.1) is 5.82 Å². The number of carbonyl (C=O) groups is 2. The van der Waals surface area contributed by atoms with Crippen molar-refractivity contribution in [3.8, 4) is 0 Å². The maximum Gasteiger partial charge on any atom is 0.278 e. The third-order valence-electron chi connectivity index (χ3n) is 4.40. The highest BCUT2D eigenvalue weighted by molar-refractivity contribution is 6.36. The van der Waals surface area contributed by atoms with Crippen LogP contribution in [0.15, 0.2) is 54.2 Å². The van der Waals surface area contributed by atoms with Gasteiger partial charge in [-0.15, -0.1) is 0 Å². The molecule has 0 atom stereocenters. The topological polar surface area (TPSA) is 52.7 Å². The first-order chi connectivity index (χ1) is 12.9. The Balaban J connectivity index is 2.01. The Kier molecular flexibility index (Phi) is 5.26. The van der Waals surface area contributed by atoms with E-state index in [9.17, 15) is 14.0 Å². The lowest BCUT2D eigenvalue weighted by Crippen LogP contribution is -2.33. The van der Waals surface area contributed by atoms with Crippen molar-refractivity contribution in [2.45, 2.75) is 13.3 Å². The Labute approximate surface area is 158 Å². The Bertz CT molecular complexity index is 887. The minimum atomic E-state index is -0.393. The number of hydrogen-bond acceptors (Lipinski definition) is 4. The molecule has 0 bridgehead atoms. The highest BCUT2D eigenvalue weighted by atomic mass is 19.1. The van der Waals surface area contributed by atoms with Crippen LogP contribution in [0.2, 0.25) is 0 Å². The molecule has 140 valence electrons. The van der Waals surface area contributed by atoms with Gasteiger partial charge in [-0.3, -0.25) is 14.5 Å². The summed E-state index contributed by atoms with van der Waals surface area (Å²) in [5.74, 6) is -1.12. The van der Waals surface area contributed by atoms with Gasteiger partial charge in [0.25, 0.3) is 11.8 Å². The molecular formula is C21H22FN3O2. The zero-order valence-corrected chi connectivity index (χ0v) is 15.6. The molecule has 1 heterocycles. The molecule has 1 aliphatic rings. The van der Waals surface area contributed by atoms with E-state index in [4.69, 9.17) is 0 Å². The minimum absolute atomic E-state index is 0.220. The van der Waals surface area contributed by atoms with E-state index in [1.165, 1.54) is 29.2 Å². The van der Waals surface area contributed by atoms with E-state index in [-0.39, 0.29) is 23.1 Å². The van der Waals surface area contributed by atoms with E-state index in [1.54, 1.807) is 0 Å². The number of nitrogens with zero attached hydrogens (tertiary/aromatic N) is 2. The summed E-state index contributed by atoms with van der Waals surface area (Å²) in [4.78, 5) is 28.9. The third-order valence-corrected chi connectivity index (χ3v) is 4.40. The Morgan fingerprint density at radius 2 is 1.59 bits per heavy atom. The molecule has 0 fully saturated rings. The number of rotatable bonds is 6. The molecule has 0 unspecified atom stereocenters. The lowest BCUT2D eigenvalue weighted by Gasteiger charge is -2.15. The Morgan fingerprint density at radius 3 is 2.15 bits per heavy atom. The Morgan fingerprint density at radius 1 is 0.963 bits per heavy atom. The molecule has 0 aromatic heterocycles. The van der Waals surface area contributed by atoms with Crippen LogP contribution in [0.1, 0.15) is 18.9 Å². The van der Waals surface area contributed by atoms with Crippen LogP contribution < -0.4 is 10.2 Å². The molecule has 3 rings (SSSR count). The lowest BCUT2D eigenvalue weighted by atomic mass is 10.0. The number of benzene rings is 2. The minimum Gasteiger partial charge on any atom is -0.378 e. The standard InChI is InChI=1S/C21H22FN3O2/c1-4-13-25-20(26)18(14-5-7-15(22)8-6-14)19(21(25)27)23-16-9-11-17(12-10-16)24(2)3/h5-12,23H,4,13H2,1-3H3. The summed E-state index contributed by atoms with van der Waals surface area (Å²) in [6.07, 6.45) is 0.666. The van der Waals surface area contributed by atoms with E-state index >= 15 is 0 Å². The van der Waals surface area contributed by atoms with E-state index in [2.05, 4.69) is 5.32 Å². The van der Waals surface area contributed by atoms with Gasteiger partial charge >= 0.3 is 0 Å². The lowest BCUT2D eigenvalue weighted by molar-refractivity contribution is -0.136. The summed E-state index contributed by atoms with van der Waals surface area (Å²) in [5, 5.41) is 3.09. The van der Waals surface area contributed by atoms with Gasteiger partial charge in [-0.25, -0.2) is 4.39 Å². The molecule has 2 amide bonds. The number of anilines is 2. The molecule has 2 aromatic carbocycles. The van der Waals surface area contributed by atoms with Gasteiger partial charge in [0.15, 0.2) is 0 Å². The molecule has 0 saturated heterocycles. The summed E-state index contributed by atoms with van der Waals surface area (Å²) in [5.41, 5.74) is 2.73. The highest BCUT2D eigenvalue weighted by Crippen LogP contribution is 2.31. The van der Waals surface area contributed by atoms with Gasteiger partial charge in [-0.05, 0) is 48.4 Å². The first kappa shape index (κ1) is 18.6. The summed E-state index contributed by atoms with van der Waals surface area (Å²) in [6, 6.07) is 13.1. The van der Waals surface area contributed by atoms with Crippen molar-refractivity contribution in [2.24, 2.45) is 0 Å². The quantitative estimate of drug-likeness (QED) is 0.794. The van der Waals surface area contributed by atoms with Crippen LogP contribution in [0.25, 0.3) is 5.57 Å². The van der Waals surface area contributed by atoms with Gasteiger partial charge in [-0.1, -0.05) is 19.1 Å². The molecule has 1 aliphatic heterocycles. The smallest absolute Gasteiger partial charge is 0.278 e. The molecule has 5 nitrogen and oxygen atoms in total. The van der Waals surface area contributed by atoms with E-state index in [1.807, 2.05) is 50.2 Å². The number of hydrogen-bond donors (Lipinski definition) is 1. The number of carbonyl (C=O) groups excluding carboxylic acids is 2. The van der Waals surface area contributed by atoms with Gasteiger partial charge in [0.05, 0.1) is 5.57 Å². The second kappa shape index (κ2) is 7.61. The molecule has 6 heteroatoms. The van der Waals surface area contributed by atoms with Crippen LogP contribution in [-0.2, 0) is 9.59 Å². The molecule has 0 radical (unpaired) electrons. The van der Waals surface area contributed by atoms with Crippen LogP contribution >= 0.6 is 0 Å². The van der Waals surface area contributed by atoms with E-state index < -0.39 is 5.82 Å². The van der Waals surface area contributed by atoms with Crippen LogP contribution in [0.5, 0.6) is 0 Å². The van der Waals surface area contributed by atoms with Gasteiger partial charge in [0.1, 0.15) is 11.5 Å². The second-order valence-electron chi connectivity index (χ2n) is 6.59. The van der Waals surface area contributed by atoms with Crippen molar-refractivity contribution in [3.63, 3.8) is 0 Å². The predicted octanol–water partition coefficient (Wildman–Crippen LogP) is 3.49. The molecule has 2 aromatic rings. The summed E-state index contributed by atoms with van der Waals surface area (Å²) < 4.78 is 13.3. The first-order valence-electron chi connectivity index (χ1n) is 8.83. The average molecular weight is 367 g/mol. The van der Waals surface area contributed by atoms with Gasteiger partial charge in [0.2, 0.25) is 0 Å². The van der Waals surface area contributed by atoms with Crippen LogP contribution in [-0.4, -0.2) is 37.4 Å². The van der Waals surface area contributed by atoms with Gasteiger partial charge in [0, 0.05) is 32.0 Å². The Hall–Kier alpha value is -3.15. The number of halogens is 1. The molecule has 1 N–H and O–H groups in total. The van der Waals surface area contributed by atoms with Crippen molar-refractivity contribution in [1.82, 2.24) is 4.90 Å². The normalized spacial score (nSPS) is 14.1. The van der Waals surface area contributed by atoms with Crippen molar-refractivity contribution in [2.75, 3.05) is 30.9 Å². The number of amides is 2. The molecule has 0 spiro atoms. The fourth-order valence-electron chi connectivity index (χ4n) is 2.99. The van der Waals surface area contributed by atoms with Crippen molar-refractivity contribution in [3.05, 3.63) is 65.6 Å². The monoisotopic (exact) mass is 367 g/mol. The third kappa shape index (κ3) is 3.69. The summed E-state index contributed by atoms with van der Waals surface area (Å²) in [7, 11) is 3.89. The van der Waals surface area contributed by atoms with Crippen LogP contribution in [0.4, 0.5) is 15.8 Å². The highest BCUT2D eigenvalue weighted by Gasteiger charge is 2.38. The SMILES string of the molecule is CCCN1C(=O)C(Nc2ccc(N(C)C)cc2)=C(c2ccc(F)cc2)C1=O. The van der Waals surface area contributed by atoms with Gasteiger partial charge in [-0.2, -0.15) is 0 Å². The van der Waals surface area contributed by atoms with Gasteiger partial charge < -0.3 is 10.2 Å². The van der Waals surface area contributed by atoms with Crippen molar-refractivity contribution >= 4 is 28.8 Å². The second-order valence-corrected chi connectivity index (χ2v) is 6.59. The van der Waals surface area contributed by atoms with E-state index in [0.29, 0.717) is 24.2 Å². The summed E-state index contributed by atoms with van der Waals surface area (Å²) in [6.45, 7) is 2.25. The fourth-order valence-corrected chi connectivity index (χ4v) is 2.99. The average Bonchev–Trinajstić information content (AvgIpc) is 2.88. The summed E-state index contributed by atoms with van der Waals surface area (Å²) >= 11 is 0. The zero-order chi connectivity index (χ0) is 19.6. The fraction of sp³-hybridized carbons (Fsp3) is 0.238. The molecule has 0 aliphatic carbocycles. The van der Waals surface area contributed by atoms with Crippen LogP contribution in [0.3, 0.4) is 0 Å². The molecule has 27 heavy (non-hydrogen) atoms. The maximum atomic E-state index is 13.3. The largest absolute Gasteiger partial charge is 0.378 e. The van der Waals surface area contributed by atoms with E-state index in [0.717, 1.165) is 5.69 Å². The van der Waals surface area contributed by atoms with Crippen molar-refractivity contribution < 1.29 is 14.0 Å². The molecular weight excluding hydrogens is 345 g/mol. The van der Waals surface area contributed by atoms with Crippen molar-refractivity contribution in [1.29, 1.82) is 0 Å².